The molecule has 4 nitrogen and oxygen atoms in total. The monoisotopic (exact) mass is 249 g/mol. The molecule has 0 aliphatic heterocycles. The van der Waals surface area contributed by atoms with Crippen molar-refractivity contribution in [3.05, 3.63) is 34.2 Å². The van der Waals surface area contributed by atoms with Gasteiger partial charge in [0.25, 0.3) is 0 Å². The van der Waals surface area contributed by atoms with E-state index in [1.54, 1.807) is 18.4 Å². The Balaban J connectivity index is 1.92. The van der Waals surface area contributed by atoms with E-state index >= 15 is 0 Å². The molecule has 0 radical (unpaired) electrons. The van der Waals surface area contributed by atoms with Gasteiger partial charge in [0.05, 0.1) is 6.61 Å². The van der Waals surface area contributed by atoms with E-state index in [4.69, 9.17) is 4.74 Å². The molecule has 0 bridgehead atoms. The molecule has 17 heavy (non-hydrogen) atoms. The molecule has 2 aromatic heterocycles. The van der Waals surface area contributed by atoms with Gasteiger partial charge in [-0.3, -0.25) is 0 Å². The Kier molecular flexibility index (Phi) is 3.93. The first-order valence-electron chi connectivity index (χ1n) is 5.46. The smallest absolute Gasteiger partial charge is 0.225 e. The van der Waals surface area contributed by atoms with Crippen molar-refractivity contribution in [2.75, 3.05) is 19.0 Å². The Morgan fingerprint density at radius 3 is 3.00 bits per heavy atom. The lowest BCUT2D eigenvalue weighted by Gasteiger charge is -2.06. The highest BCUT2D eigenvalue weighted by Crippen LogP contribution is 2.13. The summed E-state index contributed by atoms with van der Waals surface area (Å²) < 4.78 is 5.62. The maximum Gasteiger partial charge on any atom is 0.225 e. The van der Waals surface area contributed by atoms with Gasteiger partial charge in [0.1, 0.15) is 0 Å². The number of aromatic nitrogens is 2. The number of hydrogen-bond donors (Lipinski definition) is 1. The molecule has 0 aliphatic rings. The highest BCUT2D eigenvalue weighted by atomic mass is 32.1. The topological polar surface area (TPSA) is 47.0 Å². The molecule has 0 fully saturated rings. The van der Waals surface area contributed by atoms with Gasteiger partial charge in [0.2, 0.25) is 11.8 Å². The van der Waals surface area contributed by atoms with Crippen molar-refractivity contribution in [1.82, 2.24) is 9.97 Å². The number of nitrogens with one attached hydrogen (secondary N) is 1. The van der Waals surface area contributed by atoms with Crippen LogP contribution in [0.15, 0.2) is 23.6 Å². The van der Waals surface area contributed by atoms with Crippen molar-refractivity contribution in [1.29, 1.82) is 0 Å². The molecular formula is C12H15N3OS. The Hall–Kier alpha value is -1.62. The van der Waals surface area contributed by atoms with Gasteiger partial charge < -0.3 is 10.1 Å². The van der Waals surface area contributed by atoms with E-state index in [0.29, 0.717) is 18.4 Å². The second-order valence-electron chi connectivity index (χ2n) is 3.60. The van der Waals surface area contributed by atoms with E-state index in [1.807, 2.05) is 19.1 Å². The van der Waals surface area contributed by atoms with Crippen LogP contribution in [0.4, 0.5) is 5.95 Å². The summed E-state index contributed by atoms with van der Waals surface area (Å²) in [5.41, 5.74) is 0.899. The SMILES string of the molecule is CNc1nc(C)cc(OCCc2cccs2)n1. The van der Waals surface area contributed by atoms with Crippen LogP contribution >= 0.6 is 11.3 Å². The molecule has 0 unspecified atom stereocenters. The number of anilines is 1. The third kappa shape index (κ3) is 3.42. The third-order valence-corrected chi connectivity index (χ3v) is 3.17. The number of aryl methyl sites for hydroxylation is 1. The van der Waals surface area contributed by atoms with Crippen LogP contribution < -0.4 is 10.1 Å². The van der Waals surface area contributed by atoms with Crippen molar-refractivity contribution in [3.8, 4) is 5.88 Å². The Morgan fingerprint density at radius 1 is 1.41 bits per heavy atom. The number of nitrogens with zero attached hydrogens (tertiary/aromatic N) is 2. The summed E-state index contributed by atoms with van der Waals surface area (Å²) in [6, 6.07) is 6.00. The van der Waals surface area contributed by atoms with E-state index in [0.717, 1.165) is 12.1 Å². The predicted molar refractivity (Wildman–Crippen MR) is 69.8 cm³/mol. The number of ether oxygens (including phenoxy) is 1. The predicted octanol–water partition coefficient (Wildman–Crippen LogP) is 2.51. The molecule has 90 valence electrons. The third-order valence-electron chi connectivity index (χ3n) is 2.23. The summed E-state index contributed by atoms with van der Waals surface area (Å²) in [5.74, 6) is 1.22. The van der Waals surface area contributed by atoms with Crippen molar-refractivity contribution in [2.24, 2.45) is 0 Å². The van der Waals surface area contributed by atoms with Crippen LogP contribution in [0.1, 0.15) is 10.6 Å². The molecule has 0 saturated heterocycles. The fraction of sp³-hybridized carbons (Fsp3) is 0.333. The maximum absolute atomic E-state index is 5.62. The minimum atomic E-state index is 0.594. The molecule has 2 aromatic rings. The standard InChI is InChI=1S/C12H15N3OS/c1-9-8-11(15-12(13-2)14-9)16-6-5-10-4-3-7-17-10/h3-4,7-8H,5-6H2,1-2H3,(H,13,14,15). The van der Waals surface area contributed by atoms with E-state index in [1.165, 1.54) is 4.88 Å². The zero-order chi connectivity index (χ0) is 12.1. The first kappa shape index (κ1) is 11.9. The van der Waals surface area contributed by atoms with E-state index in [2.05, 4.69) is 26.7 Å². The summed E-state index contributed by atoms with van der Waals surface area (Å²) in [5, 5.41) is 4.98. The van der Waals surface area contributed by atoms with Crippen molar-refractivity contribution in [3.63, 3.8) is 0 Å². The molecule has 2 heterocycles. The van der Waals surface area contributed by atoms with E-state index in [-0.39, 0.29) is 0 Å². The fourth-order valence-electron chi connectivity index (χ4n) is 1.44. The van der Waals surface area contributed by atoms with Gasteiger partial charge in [0.15, 0.2) is 0 Å². The van der Waals surface area contributed by atoms with Gasteiger partial charge in [-0.05, 0) is 18.4 Å². The zero-order valence-corrected chi connectivity index (χ0v) is 10.8. The molecule has 0 aliphatic carbocycles. The minimum Gasteiger partial charge on any atom is -0.477 e. The Bertz CT molecular complexity index is 471. The first-order chi connectivity index (χ1) is 8.28. The second kappa shape index (κ2) is 5.63. The lowest BCUT2D eigenvalue weighted by atomic mass is 10.4. The summed E-state index contributed by atoms with van der Waals surface area (Å²) >= 11 is 1.74. The highest BCUT2D eigenvalue weighted by Gasteiger charge is 2.02. The number of rotatable bonds is 5. The first-order valence-corrected chi connectivity index (χ1v) is 6.34. The molecule has 0 atom stereocenters. The molecule has 0 spiro atoms. The molecule has 2 rings (SSSR count). The number of hydrogen-bond acceptors (Lipinski definition) is 5. The Labute approximate surface area is 105 Å². The molecule has 0 aromatic carbocycles. The zero-order valence-electron chi connectivity index (χ0n) is 9.93. The summed E-state index contributed by atoms with van der Waals surface area (Å²) in [4.78, 5) is 9.76. The van der Waals surface area contributed by atoms with Crippen LogP contribution in [0.3, 0.4) is 0 Å². The van der Waals surface area contributed by atoms with Crippen molar-refractivity contribution >= 4 is 17.3 Å². The average Bonchev–Trinajstić information content (AvgIpc) is 2.81. The van der Waals surface area contributed by atoms with Gasteiger partial charge >= 0.3 is 0 Å². The normalized spacial score (nSPS) is 10.2. The molecule has 5 heteroatoms. The van der Waals surface area contributed by atoms with Crippen molar-refractivity contribution < 1.29 is 4.74 Å². The molecular weight excluding hydrogens is 234 g/mol. The van der Waals surface area contributed by atoms with Gasteiger partial charge in [-0.25, -0.2) is 4.98 Å². The maximum atomic E-state index is 5.62. The van der Waals surface area contributed by atoms with Crippen LogP contribution in [0.5, 0.6) is 5.88 Å². The van der Waals surface area contributed by atoms with Crippen LogP contribution in [0, 0.1) is 6.92 Å². The second-order valence-corrected chi connectivity index (χ2v) is 4.63. The van der Waals surface area contributed by atoms with Crippen LogP contribution in [0.2, 0.25) is 0 Å². The lowest BCUT2D eigenvalue weighted by Crippen LogP contribution is -2.05. The van der Waals surface area contributed by atoms with E-state index in [9.17, 15) is 0 Å². The van der Waals surface area contributed by atoms with E-state index < -0.39 is 0 Å². The number of thiophene rings is 1. The van der Waals surface area contributed by atoms with Crippen LogP contribution in [-0.4, -0.2) is 23.6 Å². The Morgan fingerprint density at radius 2 is 2.29 bits per heavy atom. The lowest BCUT2D eigenvalue weighted by molar-refractivity contribution is 0.310. The van der Waals surface area contributed by atoms with Crippen molar-refractivity contribution in [2.45, 2.75) is 13.3 Å². The molecule has 0 saturated carbocycles. The van der Waals surface area contributed by atoms with Gasteiger partial charge in [0, 0.05) is 30.1 Å². The van der Waals surface area contributed by atoms with Crippen LogP contribution in [0.25, 0.3) is 0 Å². The summed E-state index contributed by atoms with van der Waals surface area (Å²) in [6.45, 7) is 2.56. The largest absolute Gasteiger partial charge is 0.477 e. The van der Waals surface area contributed by atoms with Gasteiger partial charge in [-0.1, -0.05) is 6.07 Å². The summed E-state index contributed by atoms with van der Waals surface area (Å²) in [7, 11) is 1.80. The quantitative estimate of drug-likeness (QED) is 0.884. The summed E-state index contributed by atoms with van der Waals surface area (Å²) in [6.07, 6.45) is 0.912. The van der Waals surface area contributed by atoms with Crippen LogP contribution in [-0.2, 0) is 6.42 Å². The van der Waals surface area contributed by atoms with Gasteiger partial charge in [-0.15, -0.1) is 11.3 Å². The van der Waals surface area contributed by atoms with Gasteiger partial charge in [-0.2, -0.15) is 4.98 Å². The average molecular weight is 249 g/mol. The highest BCUT2D eigenvalue weighted by molar-refractivity contribution is 7.09. The molecule has 0 amide bonds. The minimum absolute atomic E-state index is 0.594. The molecule has 1 N–H and O–H groups in total. The fourth-order valence-corrected chi connectivity index (χ4v) is 2.13.